The van der Waals surface area contributed by atoms with E-state index in [9.17, 15) is 0 Å². The molecule has 1 saturated heterocycles. The van der Waals surface area contributed by atoms with Gasteiger partial charge in [-0.3, -0.25) is 9.58 Å². The molecule has 0 saturated carbocycles. The van der Waals surface area contributed by atoms with Crippen LogP contribution >= 0.6 is 27.3 Å². The van der Waals surface area contributed by atoms with E-state index in [0.717, 1.165) is 41.6 Å². The maximum absolute atomic E-state index is 4.50. The van der Waals surface area contributed by atoms with Crippen molar-refractivity contribution in [1.29, 1.82) is 0 Å². The number of rotatable bonds is 4. The van der Waals surface area contributed by atoms with Crippen LogP contribution in [0.15, 0.2) is 22.2 Å². The van der Waals surface area contributed by atoms with Crippen LogP contribution in [0.2, 0.25) is 0 Å². The summed E-state index contributed by atoms with van der Waals surface area (Å²) in [5.74, 6) is 0.719. The molecule has 2 aromatic rings. The number of halogens is 1. The molecule has 2 aromatic heterocycles. The van der Waals surface area contributed by atoms with Crippen LogP contribution in [0.25, 0.3) is 0 Å². The Kier molecular flexibility index (Phi) is 3.50. The zero-order valence-corrected chi connectivity index (χ0v) is 12.6. The molecule has 3 heterocycles. The number of aryl methyl sites for hydroxylation is 1. The summed E-state index contributed by atoms with van der Waals surface area (Å²) in [4.78, 5) is 6.94. The van der Waals surface area contributed by atoms with Crippen molar-refractivity contribution in [2.24, 2.45) is 5.92 Å². The number of aromatic nitrogens is 3. The van der Waals surface area contributed by atoms with Gasteiger partial charge in [0, 0.05) is 43.7 Å². The molecule has 18 heavy (non-hydrogen) atoms. The molecule has 1 fully saturated rings. The molecule has 0 aliphatic carbocycles. The van der Waals surface area contributed by atoms with Crippen molar-refractivity contribution in [3.63, 3.8) is 0 Å². The van der Waals surface area contributed by atoms with Gasteiger partial charge in [-0.1, -0.05) is 0 Å². The fourth-order valence-electron chi connectivity index (χ4n) is 2.33. The van der Waals surface area contributed by atoms with Gasteiger partial charge in [0.2, 0.25) is 0 Å². The van der Waals surface area contributed by atoms with Crippen molar-refractivity contribution in [3.05, 3.63) is 32.9 Å². The average Bonchev–Trinajstić information content (AvgIpc) is 2.85. The Morgan fingerprint density at radius 1 is 1.50 bits per heavy atom. The summed E-state index contributed by atoms with van der Waals surface area (Å²) in [7, 11) is 0. The van der Waals surface area contributed by atoms with E-state index in [1.54, 1.807) is 11.3 Å². The molecule has 0 atom stereocenters. The van der Waals surface area contributed by atoms with Gasteiger partial charge in [-0.15, -0.1) is 11.3 Å². The van der Waals surface area contributed by atoms with Crippen molar-refractivity contribution in [2.45, 2.75) is 20.0 Å². The Hall–Kier alpha value is -0.720. The second-order valence-corrected chi connectivity index (χ2v) is 6.78. The van der Waals surface area contributed by atoms with Crippen LogP contribution in [0.3, 0.4) is 0 Å². The lowest BCUT2D eigenvalue weighted by molar-refractivity contribution is 0.0766. The van der Waals surface area contributed by atoms with Crippen LogP contribution in [0.1, 0.15) is 10.7 Å². The molecular formula is C12H15BrN4S. The highest BCUT2D eigenvalue weighted by Crippen LogP contribution is 2.21. The van der Waals surface area contributed by atoms with Gasteiger partial charge in [-0.25, -0.2) is 4.98 Å². The number of thiazole rings is 1. The lowest BCUT2D eigenvalue weighted by atomic mass is 10.0. The minimum atomic E-state index is 0.719. The zero-order chi connectivity index (χ0) is 12.5. The first kappa shape index (κ1) is 12.3. The van der Waals surface area contributed by atoms with Crippen LogP contribution < -0.4 is 0 Å². The average molecular weight is 327 g/mol. The monoisotopic (exact) mass is 326 g/mol. The number of likely N-dealkylation sites (tertiary alicyclic amines) is 1. The molecule has 96 valence electrons. The third kappa shape index (κ3) is 2.81. The molecule has 1 aliphatic rings. The Morgan fingerprint density at radius 2 is 2.33 bits per heavy atom. The van der Waals surface area contributed by atoms with Gasteiger partial charge in [0.25, 0.3) is 0 Å². The van der Waals surface area contributed by atoms with Gasteiger partial charge in [0.05, 0.1) is 21.4 Å². The molecule has 0 aromatic carbocycles. The summed E-state index contributed by atoms with van der Waals surface area (Å²) in [5, 5.41) is 7.61. The first-order chi connectivity index (χ1) is 8.69. The Balaban J connectivity index is 1.46. The predicted molar refractivity (Wildman–Crippen MR) is 75.5 cm³/mol. The van der Waals surface area contributed by atoms with Crippen molar-refractivity contribution >= 4 is 27.3 Å². The normalized spacial score (nSPS) is 17.0. The van der Waals surface area contributed by atoms with Crippen LogP contribution in [-0.4, -0.2) is 32.8 Å². The number of nitrogens with zero attached hydrogens (tertiary/aromatic N) is 4. The molecule has 0 spiro atoms. The second-order valence-electron chi connectivity index (χ2n) is 4.80. The lowest BCUT2D eigenvalue weighted by Crippen LogP contribution is -2.47. The molecule has 6 heteroatoms. The van der Waals surface area contributed by atoms with E-state index in [-0.39, 0.29) is 0 Å². The highest BCUT2D eigenvalue weighted by molar-refractivity contribution is 9.10. The number of hydrogen-bond acceptors (Lipinski definition) is 4. The molecule has 1 aliphatic heterocycles. The third-order valence-electron chi connectivity index (χ3n) is 3.13. The van der Waals surface area contributed by atoms with Crippen LogP contribution in [-0.2, 0) is 13.1 Å². The molecule has 0 amide bonds. The molecule has 0 unspecified atom stereocenters. The van der Waals surface area contributed by atoms with Gasteiger partial charge >= 0.3 is 0 Å². The molecule has 0 N–H and O–H groups in total. The van der Waals surface area contributed by atoms with Crippen molar-refractivity contribution in [3.8, 4) is 0 Å². The standard InChI is InChI=1S/C12H15BrN4S/c1-9-15-12(8-18-9)7-16-3-10(4-16)5-17-6-11(13)2-14-17/h2,6,8,10H,3-5,7H2,1H3. The minimum Gasteiger partial charge on any atom is -0.297 e. The fraction of sp³-hybridized carbons (Fsp3) is 0.500. The lowest BCUT2D eigenvalue weighted by Gasteiger charge is -2.38. The topological polar surface area (TPSA) is 34.0 Å². The van der Waals surface area contributed by atoms with Crippen LogP contribution in [0.5, 0.6) is 0 Å². The van der Waals surface area contributed by atoms with Crippen molar-refractivity contribution < 1.29 is 0 Å². The Labute approximate surface area is 119 Å². The van der Waals surface area contributed by atoms with Crippen molar-refractivity contribution in [2.75, 3.05) is 13.1 Å². The second kappa shape index (κ2) is 5.11. The molecular weight excluding hydrogens is 312 g/mol. The van der Waals surface area contributed by atoms with E-state index >= 15 is 0 Å². The largest absolute Gasteiger partial charge is 0.297 e. The summed E-state index contributed by atoms with van der Waals surface area (Å²) < 4.78 is 3.07. The summed E-state index contributed by atoms with van der Waals surface area (Å²) in [5.41, 5.74) is 1.21. The highest BCUT2D eigenvalue weighted by Gasteiger charge is 2.27. The first-order valence-corrected chi connectivity index (χ1v) is 7.67. The Morgan fingerprint density at radius 3 is 2.94 bits per heavy atom. The fourth-order valence-corrected chi connectivity index (χ4v) is 3.27. The Bertz CT molecular complexity index is 483. The zero-order valence-electron chi connectivity index (χ0n) is 10.2. The quantitative estimate of drug-likeness (QED) is 0.865. The highest BCUT2D eigenvalue weighted by atomic mass is 79.9. The summed E-state index contributed by atoms with van der Waals surface area (Å²) >= 11 is 5.15. The van der Waals surface area contributed by atoms with Gasteiger partial charge in [-0.2, -0.15) is 5.10 Å². The van der Waals surface area contributed by atoms with Gasteiger partial charge < -0.3 is 0 Å². The van der Waals surface area contributed by atoms with Crippen LogP contribution in [0.4, 0.5) is 0 Å². The first-order valence-electron chi connectivity index (χ1n) is 6.00. The van der Waals surface area contributed by atoms with Gasteiger partial charge in [-0.05, 0) is 22.9 Å². The maximum atomic E-state index is 4.50. The molecule has 3 rings (SSSR count). The molecule has 4 nitrogen and oxygen atoms in total. The van der Waals surface area contributed by atoms with Crippen LogP contribution in [0, 0.1) is 12.8 Å². The number of hydrogen-bond donors (Lipinski definition) is 0. The maximum Gasteiger partial charge on any atom is 0.0897 e. The summed E-state index contributed by atoms with van der Waals surface area (Å²) in [6.07, 6.45) is 3.88. The predicted octanol–water partition coefficient (Wildman–Crippen LogP) is 2.54. The minimum absolute atomic E-state index is 0.719. The van der Waals surface area contributed by atoms with Gasteiger partial charge in [0.15, 0.2) is 0 Å². The van der Waals surface area contributed by atoms with Gasteiger partial charge in [0.1, 0.15) is 0 Å². The SMILES string of the molecule is Cc1nc(CN2CC(Cn3cc(Br)cn3)C2)cs1. The smallest absolute Gasteiger partial charge is 0.0897 e. The third-order valence-corrected chi connectivity index (χ3v) is 4.36. The molecule has 0 bridgehead atoms. The van der Waals surface area contributed by atoms with E-state index in [4.69, 9.17) is 0 Å². The summed E-state index contributed by atoms with van der Waals surface area (Å²) in [6, 6.07) is 0. The summed E-state index contributed by atoms with van der Waals surface area (Å²) in [6.45, 7) is 6.35. The van der Waals surface area contributed by atoms with E-state index in [1.807, 2.05) is 17.1 Å². The van der Waals surface area contributed by atoms with E-state index < -0.39 is 0 Å². The van der Waals surface area contributed by atoms with E-state index in [2.05, 4.69) is 43.2 Å². The van der Waals surface area contributed by atoms with E-state index in [1.165, 1.54) is 5.69 Å². The van der Waals surface area contributed by atoms with E-state index in [0.29, 0.717) is 0 Å². The van der Waals surface area contributed by atoms with Crippen molar-refractivity contribution in [1.82, 2.24) is 19.7 Å². The molecule has 0 radical (unpaired) electrons.